The van der Waals surface area contributed by atoms with Crippen LogP contribution >= 0.6 is 0 Å². The third-order valence-electron chi connectivity index (χ3n) is 6.25. The third-order valence-corrected chi connectivity index (χ3v) is 6.25. The number of nitrogens with one attached hydrogen (secondary N) is 1. The van der Waals surface area contributed by atoms with E-state index < -0.39 is 18.0 Å². The first-order chi connectivity index (χ1) is 16.2. The van der Waals surface area contributed by atoms with Crippen molar-refractivity contribution in [2.24, 2.45) is 0 Å². The second kappa shape index (κ2) is 9.68. The molecular formula is C25H31FN4O4. The number of carbonyl (C=O) groups is 1. The molecule has 2 atom stereocenters. The molecule has 0 radical (unpaired) electrons. The maximum atomic E-state index is 13.3. The lowest BCUT2D eigenvalue weighted by molar-refractivity contribution is -0.0194. The van der Waals surface area contributed by atoms with Crippen molar-refractivity contribution in [1.82, 2.24) is 20.1 Å². The highest BCUT2D eigenvalue weighted by molar-refractivity contribution is 5.99. The molecule has 0 spiro atoms. The molecule has 1 fully saturated rings. The van der Waals surface area contributed by atoms with Crippen LogP contribution in [0, 0.1) is 0 Å². The Bertz CT molecular complexity index is 1170. The molecule has 1 aromatic carbocycles. The van der Waals surface area contributed by atoms with E-state index in [1.165, 1.54) is 13.1 Å². The van der Waals surface area contributed by atoms with Crippen LogP contribution in [-0.4, -0.2) is 57.0 Å². The minimum absolute atomic E-state index is 0.0148. The van der Waals surface area contributed by atoms with Crippen LogP contribution in [0.5, 0.6) is 5.75 Å². The Morgan fingerprint density at radius 3 is 2.62 bits per heavy atom. The van der Waals surface area contributed by atoms with Crippen molar-refractivity contribution in [3.8, 4) is 17.0 Å². The van der Waals surface area contributed by atoms with Gasteiger partial charge in [-0.05, 0) is 51.8 Å². The lowest BCUT2D eigenvalue weighted by atomic mass is 9.84. The van der Waals surface area contributed by atoms with Gasteiger partial charge < -0.3 is 19.9 Å². The van der Waals surface area contributed by atoms with Gasteiger partial charge in [-0.15, -0.1) is 0 Å². The minimum Gasteiger partial charge on any atom is -0.461 e. The van der Waals surface area contributed by atoms with E-state index in [0.29, 0.717) is 54.1 Å². The summed E-state index contributed by atoms with van der Waals surface area (Å²) in [4.78, 5) is 17.8. The van der Waals surface area contributed by atoms with E-state index in [0.717, 1.165) is 5.56 Å². The normalized spacial score (nSPS) is 17.5. The number of amides is 1. The van der Waals surface area contributed by atoms with Crippen LogP contribution in [0.15, 0.2) is 36.5 Å². The molecule has 182 valence electrons. The quantitative estimate of drug-likeness (QED) is 0.541. The number of carbonyl (C=O) groups excluding carboxylic acids is 1. The van der Waals surface area contributed by atoms with Crippen LogP contribution in [0.4, 0.5) is 4.39 Å². The number of rotatable bonds is 7. The summed E-state index contributed by atoms with van der Waals surface area (Å²) in [5, 5.41) is 18.2. The van der Waals surface area contributed by atoms with Crippen LogP contribution in [0.25, 0.3) is 22.3 Å². The second-order valence-corrected chi connectivity index (χ2v) is 9.07. The number of benzene rings is 1. The van der Waals surface area contributed by atoms with Gasteiger partial charge in [0.15, 0.2) is 0 Å². The minimum atomic E-state index is -1.43. The van der Waals surface area contributed by atoms with Crippen LogP contribution in [0.2, 0.25) is 0 Å². The molecular weight excluding hydrogens is 439 g/mol. The number of nitrogens with zero attached hydrogens (tertiary/aromatic N) is 3. The van der Waals surface area contributed by atoms with Crippen molar-refractivity contribution in [2.45, 2.75) is 64.6 Å². The Morgan fingerprint density at radius 2 is 1.97 bits per heavy atom. The number of alkyl halides is 1. The standard InChI is InChI=1S/C25H31FN4O4/c1-15(2)30-21-13-19(24(32)28-25(16(3)31)8-10-33-11-9-25)14-27-23(21)22(29-30)18-6-5-7-20(12-18)34-17(4)26/h5-7,12-17,31H,8-11H2,1-4H3,(H,28,32)/t16-,17?/m1/s1. The monoisotopic (exact) mass is 470 g/mol. The summed E-state index contributed by atoms with van der Waals surface area (Å²) in [6.07, 6.45) is 0.449. The highest BCUT2D eigenvalue weighted by Crippen LogP contribution is 2.32. The maximum absolute atomic E-state index is 13.3. The maximum Gasteiger partial charge on any atom is 0.253 e. The smallest absolute Gasteiger partial charge is 0.253 e. The van der Waals surface area contributed by atoms with Gasteiger partial charge in [-0.3, -0.25) is 14.5 Å². The number of ether oxygens (including phenoxy) is 2. The van der Waals surface area contributed by atoms with E-state index in [1.807, 2.05) is 24.6 Å². The molecule has 1 saturated heterocycles. The van der Waals surface area contributed by atoms with Crippen molar-refractivity contribution in [1.29, 1.82) is 0 Å². The molecule has 1 unspecified atom stereocenters. The fourth-order valence-electron chi connectivity index (χ4n) is 4.32. The Hall–Kier alpha value is -3.04. The van der Waals surface area contributed by atoms with E-state index >= 15 is 0 Å². The van der Waals surface area contributed by atoms with Crippen molar-refractivity contribution in [2.75, 3.05) is 13.2 Å². The first kappa shape index (κ1) is 24.1. The summed E-state index contributed by atoms with van der Waals surface area (Å²) in [6, 6.07) is 8.84. The van der Waals surface area contributed by atoms with E-state index in [2.05, 4.69) is 10.3 Å². The summed E-state index contributed by atoms with van der Waals surface area (Å²) in [5.74, 6) is 0.0956. The van der Waals surface area contributed by atoms with Crippen LogP contribution in [-0.2, 0) is 4.74 Å². The van der Waals surface area contributed by atoms with Gasteiger partial charge in [0.25, 0.3) is 5.91 Å². The van der Waals surface area contributed by atoms with Crippen LogP contribution in [0.1, 0.15) is 56.9 Å². The highest BCUT2D eigenvalue weighted by Gasteiger charge is 2.39. The molecule has 2 N–H and O–H groups in total. The zero-order valence-corrected chi connectivity index (χ0v) is 19.9. The van der Waals surface area contributed by atoms with Gasteiger partial charge in [-0.25, -0.2) is 4.39 Å². The lowest BCUT2D eigenvalue weighted by Crippen LogP contribution is -2.58. The molecule has 3 aromatic rings. The molecule has 0 aliphatic carbocycles. The number of aromatic nitrogens is 3. The molecule has 4 rings (SSSR count). The molecule has 0 saturated carbocycles. The summed E-state index contributed by atoms with van der Waals surface area (Å²) < 4.78 is 25.8. The van der Waals surface area contributed by atoms with Gasteiger partial charge in [-0.2, -0.15) is 5.10 Å². The number of hydrogen-bond acceptors (Lipinski definition) is 6. The number of fused-ring (bicyclic) bond motifs is 1. The number of pyridine rings is 1. The van der Waals surface area contributed by atoms with Crippen molar-refractivity contribution >= 4 is 16.9 Å². The molecule has 1 amide bonds. The van der Waals surface area contributed by atoms with Gasteiger partial charge in [0.05, 0.1) is 22.7 Å². The van der Waals surface area contributed by atoms with E-state index in [-0.39, 0.29) is 11.9 Å². The van der Waals surface area contributed by atoms with Gasteiger partial charge in [-0.1, -0.05) is 12.1 Å². The fraction of sp³-hybridized carbons (Fsp3) is 0.480. The van der Waals surface area contributed by atoms with Crippen molar-refractivity contribution in [3.05, 3.63) is 42.1 Å². The largest absolute Gasteiger partial charge is 0.461 e. The molecule has 1 aliphatic heterocycles. The predicted molar refractivity (Wildman–Crippen MR) is 126 cm³/mol. The predicted octanol–water partition coefficient (Wildman–Crippen LogP) is 4.03. The number of hydrogen-bond donors (Lipinski definition) is 2. The third kappa shape index (κ3) is 4.76. The number of aliphatic hydroxyl groups is 1. The number of halogens is 1. The zero-order valence-electron chi connectivity index (χ0n) is 19.9. The van der Waals surface area contributed by atoms with Crippen molar-refractivity contribution in [3.63, 3.8) is 0 Å². The Morgan fingerprint density at radius 1 is 1.24 bits per heavy atom. The molecule has 2 aromatic heterocycles. The second-order valence-electron chi connectivity index (χ2n) is 9.07. The van der Waals surface area contributed by atoms with Gasteiger partial charge in [0, 0.05) is 37.9 Å². The van der Waals surface area contributed by atoms with Gasteiger partial charge in [0.2, 0.25) is 6.36 Å². The molecule has 0 bridgehead atoms. The van der Waals surface area contributed by atoms with Crippen LogP contribution in [0.3, 0.4) is 0 Å². The molecule has 34 heavy (non-hydrogen) atoms. The van der Waals surface area contributed by atoms with Gasteiger partial charge in [0.1, 0.15) is 17.0 Å². The summed E-state index contributed by atoms with van der Waals surface area (Å²) >= 11 is 0. The zero-order chi connectivity index (χ0) is 24.5. The average Bonchev–Trinajstić information content (AvgIpc) is 3.18. The first-order valence-corrected chi connectivity index (χ1v) is 11.6. The first-order valence-electron chi connectivity index (χ1n) is 11.6. The van der Waals surface area contributed by atoms with E-state index in [1.54, 1.807) is 31.2 Å². The molecule has 1 aliphatic rings. The fourth-order valence-corrected chi connectivity index (χ4v) is 4.32. The molecule has 3 heterocycles. The van der Waals surface area contributed by atoms with Crippen molar-refractivity contribution < 1.29 is 23.8 Å². The Kier molecular flexibility index (Phi) is 6.86. The summed E-state index contributed by atoms with van der Waals surface area (Å²) in [7, 11) is 0. The summed E-state index contributed by atoms with van der Waals surface area (Å²) in [6.45, 7) is 7.97. The number of aliphatic hydroxyl groups excluding tert-OH is 1. The average molecular weight is 471 g/mol. The van der Waals surface area contributed by atoms with E-state index in [9.17, 15) is 14.3 Å². The Balaban J connectivity index is 1.71. The highest BCUT2D eigenvalue weighted by atomic mass is 19.1. The topological polar surface area (TPSA) is 98.5 Å². The SMILES string of the molecule is CC(F)Oc1cccc(-c2nn(C(C)C)c3cc(C(=O)NC4([C@@H](C)O)CCOCC4)cnc23)c1. The van der Waals surface area contributed by atoms with E-state index in [4.69, 9.17) is 14.6 Å². The lowest BCUT2D eigenvalue weighted by Gasteiger charge is -2.40. The molecule has 9 heteroatoms. The summed E-state index contributed by atoms with van der Waals surface area (Å²) in [5.41, 5.74) is 2.35. The van der Waals surface area contributed by atoms with Crippen LogP contribution < -0.4 is 10.1 Å². The Labute approximate surface area is 198 Å². The molecule has 8 nitrogen and oxygen atoms in total. The van der Waals surface area contributed by atoms with Gasteiger partial charge >= 0.3 is 0 Å².